The average Bonchev–Trinajstić information content (AvgIpc) is 3.84. The number of rotatable bonds is 7. The van der Waals surface area contributed by atoms with E-state index in [1.807, 2.05) is 11.3 Å². The minimum atomic E-state index is -0.244. The van der Waals surface area contributed by atoms with E-state index in [0.29, 0.717) is 0 Å². The second-order valence-electron chi connectivity index (χ2n) is 16.6. The fraction of sp³-hybridized carbons (Fsp3) is 0.0508. The number of thiophene rings is 1. The molecule has 0 N–H and O–H groups in total. The summed E-state index contributed by atoms with van der Waals surface area (Å²) in [6, 6.07) is 75.9. The highest BCUT2D eigenvalue weighted by molar-refractivity contribution is 7.26. The molecule has 0 fully saturated rings. The van der Waals surface area contributed by atoms with Crippen LogP contribution < -0.4 is 9.80 Å². The Morgan fingerprint density at radius 3 is 2.00 bits per heavy atom. The van der Waals surface area contributed by atoms with Crippen molar-refractivity contribution < 1.29 is 0 Å². The van der Waals surface area contributed by atoms with Crippen LogP contribution in [0.5, 0.6) is 0 Å². The van der Waals surface area contributed by atoms with Gasteiger partial charge < -0.3 is 9.80 Å². The van der Waals surface area contributed by atoms with Gasteiger partial charge in [-0.3, -0.25) is 0 Å². The van der Waals surface area contributed by atoms with Gasteiger partial charge in [-0.15, -0.1) is 11.3 Å². The summed E-state index contributed by atoms with van der Waals surface area (Å²) in [5.74, 6) is 0.176. The molecule has 10 aromatic rings. The highest BCUT2D eigenvalue weighted by Crippen LogP contribution is 2.56. The molecule has 294 valence electrons. The first-order valence-corrected chi connectivity index (χ1v) is 22.3. The number of hydrogen-bond donors (Lipinski definition) is 0. The molecule has 0 saturated carbocycles. The lowest BCUT2D eigenvalue weighted by Gasteiger charge is -2.39. The first-order chi connectivity index (χ1) is 30.6. The van der Waals surface area contributed by atoms with Gasteiger partial charge in [-0.2, -0.15) is 0 Å². The number of para-hydroxylation sites is 2. The van der Waals surface area contributed by atoms with Crippen molar-refractivity contribution in [1.29, 1.82) is 0 Å². The van der Waals surface area contributed by atoms with Crippen LogP contribution in [0.2, 0.25) is 0 Å². The molecule has 2 nitrogen and oxygen atoms in total. The van der Waals surface area contributed by atoms with E-state index in [9.17, 15) is 0 Å². The standard InChI is InChI=1S/C59H42N2S/c1-59-38-13-12-29-53(59)52-39-45(36-37-55(52)61(59)44-21-6-3-7-22-44)60(43-34-32-41(33-35-43)47-26-16-28-51-49-24-9-11-31-56(49)62-58(47)51)54-30-10-8-23-48(54)50-27-15-20-42-19-14-25-46(57(42)50)40-17-4-2-5-18-40/h2-39,53H,1H3. The zero-order valence-corrected chi connectivity index (χ0v) is 35.1. The predicted octanol–water partition coefficient (Wildman–Crippen LogP) is 16.8. The number of fused-ring (bicyclic) bond motifs is 7. The average molecular weight is 811 g/mol. The molecule has 0 spiro atoms. The monoisotopic (exact) mass is 810 g/mol. The minimum Gasteiger partial charge on any atom is -0.331 e. The Hall–Kier alpha value is -7.46. The van der Waals surface area contributed by atoms with Crippen LogP contribution >= 0.6 is 11.3 Å². The van der Waals surface area contributed by atoms with Crippen LogP contribution in [0.1, 0.15) is 18.4 Å². The van der Waals surface area contributed by atoms with Crippen molar-refractivity contribution in [1.82, 2.24) is 0 Å². The van der Waals surface area contributed by atoms with Gasteiger partial charge in [0.1, 0.15) is 0 Å². The molecule has 9 aromatic carbocycles. The summed E-state index contributed by atoms with van der Waals surface area (Å²) in [7, 11) is 0. The van der Waals surface area contributed by atoms with Crippen LogP contribution in [-0.4, -0.2) is 5.54 Å². The Morgan fingerprint density at radius 2 is 1.16 bits per heavy atom. The molecule has 0 amide bonds. The molecule has 2 unspecified atom stereocenters. The SMILES string of the molecule is CC12C=CC=CC1c1cc(N(c3ccc(-c4cccc5c4sc4ccccc45)cc3)c3ccccc3-c3cccc4cccc(-c5ccccc5)c34)ccc1N2c1ccccc1. The third-order valence-corrected chi connectivity index (χ3v) is 14.3. The molecule has 62 heavy (non-hydrogen) atoms. The molecule has 3 heteroatoms. The minimum absolute atomic E-state index is 0.176. The van der Waals surface area contributed by atoms with Gasteiger partial charge in [-0.25, -0.2) is 0 Å². The van der Waals surface area contributed by atoms with Crippen LogP contribution in [0.15, 0.2) is 231 Å². The highest BCUT2D eigenvalue weighted by Gasteiger charge is 2.47. The summed E-state index contributed by atoms with van der Waals surface area (Å²) in [5.41, 5.74) is 14.2. The van der Waals surface area contributed by atoms with E-state index in [-0.39, 0.29) is 11.5 Å². The molecule has 0 radical (unpaired) electrons. The van der Waals surface area contributed by atoms with Gasteiger partial charge in [-0.1, -0.05) is 176 Å². The maximum Gasteiger partial charge on any atom is 0.0712 e. The number of allylic oxidation sites excluding steroid dienone is 2. The summed E-state index contributed by atoms with van der Waals surface area (Å²) in [6.07, 6.45) is 9.17. The molecule has 1 aliphatic carbocycles. The van der Waals surface area contributed by atoms with Crippen molar-refractivity contribution in [3.05, 3.63) is 236 Å². The van der Waals surface area contributed by atoms with Crippen LogP contribution in [0, 0.1) is 0 Å². The Labute approximate surface area is 366 Å². The molecule has 0 bridgehead atoms. The maximum atomic E-state index is 2.53. The number of anilines is 5. The van der Waals surface area contributed by atoms with E-state index < -0.39 is 0 Å². The Morgan fingerprint density at radius 1 is 0.516 bits per heavy atom. The Kier molecular flexibility index (Phi) is 8.58. The smallest absolute Gasteiger partial charge is 0.0712 e. The zero-order chi connectivity index (χ0) is 41.2. The second kappa shape index (κ2) is 14.6. The van der Waals surface area contributed by atoms with Crippen molar-refractivity contribution in [2.75, 3.05) is 9.80 Å². The fourth-order valence-electron chi connectivity index (χ4n) is 10.3. The van der Waals surface area contributed by atoms with Gasteiger partial charge >= 0.3 is 0 Å². The van der Waals surface area contributed by atoms with Crippen molar-refractivity contribution >= 4 is 70.7 Å². The highest BCUT2D eigenvalue weighted by atomic mass is 32.1. The lowest BCUT2D eigenvalue weighted by atomic mass is 9.80. The van der Waals surface area contributed by atoms with E-state index in [0.717, 1.165) is 17.1 Å². The van der Waals surface area contributed by atoms with Gasteiger partial charge in [0.15, 0.2) is 0 Å². The van der Waals surface area contributed by atoms with E-state index in [4.69, 9.17) is 0 Å². The quantitative estimate of drug-likeness (QED) is 0.158. The lowest BCUT2D eigenvalue weighted by Crippen LogP contribution is -2.41. The van der Waals surface area contributed by atoms with E-state index in [2.05, 4.69) is 247 Å². The molecule has 12 rings (SSSR count). The Bertz CT molecular complexity index is 3380. The topological polar surface area (TPSA) is 6.48 Å². The molecule has 2 atom stereocenters. The molecule has 1 aliphatic heterocycles. The van der Waals surface area contributed by atoms with Crippen molar-refractivity contribution in [2.24, 2.45) is 0 Å². The van der Waals surface area contributed by atoms with E-state index in [1.54, 1.807) is 0 Å². The number of benzene rings is 9. The lowest BCUT2D eigenvalue weighted by molar-refractivity contribution is 0.542. The summed E-state index contributed by atoms with van der Waals surface area (Å²) in [6.45, 7) is 2.37. The fourth-order valence-corrected chi connectivity index (χ4v) is 11.5. The third-order valence-electron chi connectivity index (χ3n) is 13.1. The van der Waals surface area contributed by atoms with Gasteiger partial charge in [0, 0.05) is 54.4 Å². The predicted molar refractivity (Wildman–Crippen MR) is 266 cm³/mol. The second-order valence-corrected chi connectivity index (χ2v) is 17.7. The molecule has 0 saturated heterocycles. The van der Waals surface area contributed by atoms with E-state index >= 15 is 0 Å². The van der Waals surface area contributed by atoms with Crippen molar-refractivity contribution in [3.8, 4) is 33.4 Å². The first kappa shape index (κ1) is 36.4. The van der Waals surface area contributed by atoms with Gasteiger partial charge in [0.2, 0.25) is 0 Å². The van der Waals surface area contributed by atoms with Crippen LogP contribution in [0.3, 0.4) is 0 Å². The normalized spacial score (nSPS) is 16.5. The summed E-state index contributed by atoms with van der Waals surface area (Å²) in [5, 5.41) is 5.11. The first-order valence-electron chi connectivity index (χ1n) is 21.5. The van der Waals surface area contributed by atoms with Crippen LogP contribution in [0.25, 0.3) is 64.3 Å². The molecular formula is C59H42N2S. The summed E-state index contributed by atoms with van der Waals surface area (Å²) in [4.78, 5) is 5.01. The summed E-state index contributed by atoms with van der Waals surface area (Å²) >= 11 is 1.88. The molecule has 2 aliphatic rings. The van der Waals surface area contributed by atoms with Crippen LogP contribution in [-0.2, 0) is 0 Å². The number of hydrogen-bond acceptors (Lipinski definition) is 3. The summed E-state index contributed by atoms with van der Waals surface area (Å²) < 4.78 is 2.65. The molecular weight excluding hydrogens is 769 g/mol. The van der Waals surface area contributed by atoms with Crippen LogP contribution in [0.4, 0.5) is 28.4 Å². The third kappa shape index (κ3) is 5.77. The van der Waals surface area contributed by atoms with Gasteiger partial charge in [0.05, 0.1) is 11.2 Å². The maximum absolute atomic E-state index is 2.53. The van der Waals surface area contributed by atoms with Crippen molar-refractivity contribution in [3.63, 3.8) is 0 Å². The molecule has 1 aromatic heterocycles. The van der Waals surface area contributed by atoms with Gasteiger partial charge in [-0.05, 0) is 106 Å². The largest absolute Gasteiger partial charge is 0.331 e. The Balaban J connectivity index is 1.06. The molecule has 2 heterocycles. The number of nitrogens with zero attached hydrogens (tertiary/aromatic N) is 2. The van der Waals surface area contributed by atoms with E-state index in [1.165, 1.54) is 81.3 Å². The van der Waals surface area contributed by atoms with Crippen molar-refractivity contribution in [2.45, 2.75) is 18.4 Å². The zero-order valence-electron chi connectivity index (χ0n) is 34.3. The van der Waals surface area contributed by atoms with Gasteiger partial charge in [0.25, 0.3) is 0 Å².